The Balaban J connectivity index is 0.00000264. The monoisotopic (exact) mass is 335 g/mol. The van der Waals surface area contributed by atoms with Gasteiger partial charge in [0.2, 0.25) is 5.82 Å². The van der Waals surface area contributed by atoms with Gasteiger partial charge >= 0.3 is 6.09 Å². The van der Waals surface area contributed by atoms with Crippen molar-refractivity contribution < 1.29 is 27.3 Å². The molecule has 0 fully saturated rings. The summed E-state index contributed by atoms with van der Waals surface area (Å²) in [6.45, 7) is 4.28. The number of pyridine rings is 1. The maximum absolute atomic E-state index is 11.3. The van der Waals surface area contributed by atoms with Crippen LogP contribution < -0.4 is 23.0 Å². The van der Waals surface area contributed by atoms with Crippen LogP contribution >= 0.6 is 0 Å². The minimum absolute atomic E-state index is 0. The van der Waals surface area contributed by atoms with Gasteiger partial charge < -0.3 is 17.1 Å². The number of aromatic nitrogens is 1. The lowest BCUT2D eigenvalue weighted by molar-refractivity contribution is -0.610. The van der Waals surface area contributed by atoms with Gasteiger partial charge in [-0.2, -0.15) is 0 Å². The van der Waals surface area contributed by atoms with Crippen LogP contribution in [0.1, 0.15) is 19.4 Å². The number of carbonyl (C=O) groups is 1. The molecule has 2 rings (SSSR count). The molecule has 5 nitrogen and oxygen atoms in total. The van der Waals surface area contributed by atoms with Crippen molar-refractivity contribution in [3.63, 3.8) is 0 Å². The fourth-order valence-electron chi connectivity index (χ4n) is 2.20. The van der Waals surface area contributed by atoms with Crippen LogP contribution in [0.5, 0.6) is 0 Å². The quantitative estimate of drug-likeness (QED) is 0.746. The van der Waals surface area contributed by atoms with Gasteiger partial charge in [0.25, 0.3) is 0 Å². The molecule has 1 aromatic heterocycles. The van der Waals surface area contributed by atoms with Crippen molar-refractivity contribution in [1.82, 2.24) is 4.98 Å². The van der Waals surface area contributed by atoms with Crippen molar-refractivity contribution in [2.24, 2.45) is 0 Å². The number of hydrogen-bond donors (Lipinski definition) is 2. The van der Waals surface area contributed by atoms with E-state index < -0.39 is 6.09 Å². The molecule has 0 aliphatic rings. The van der Waals surface area contributed by atoms with Crippen molar-refractivity contribution in [3.8, 4) is 0 Å². The average Bonchev–Trinajstić information content (AvgIpc) is 2.50. The van der Waals surface area contributed by atoms with Crippen LogP contribution in [0.3, 0.4) is 0 Å². The van der Waals surface area contributed by atoms with Crippen LogP contribution in [-0.2, 0) is 11.2 Å². The summed E-state index contributed by atoms with van der Waals surface area (Å²) in [5.74, 6) is 0.901. The van der Waals surface area contributed by atoms with Crippen molar-refractivity contribution in [1.29, 1.82) is 0 Å². The van der Waals surface area contributed by atoms with E-state index in [0.717, 1.165) is 12.2 Å². The molecule has 0 saturated heterocycles. The van der Waals surface area contributed by atoms with Gasteiger partial charge in [0, 0.05) is 12.5 Å². The Morgan fingerprint density at radius 3 is 2.61 bits per heavy atom. The number of benzene rings is 1. The van der Waals surface area contributed by atoms with Gasteiger partial charge in [-0.15, -0.1) is 0 Å². The summed E-state index contributed by atoms with van der Waals surface area (Å²) in [7, 11) is 0. The molecule has 124 valence electrons. The van der Waals surface area contributed by atoms with E-state index in [-0.39, 0.29) is 12.4 Å². The SMILES string of the molecule is CCOC(=O)Nc1ccc([NH2+]C(C)Cc2ccccc2)nc1.[Cl-]. The summed E-state index contributed by atoms with van der Waals surface area (Å²) < 4.78 is 4.82. The first-order valence-electron chi connectivity index (χ1n) is 7.46. The van der Waals surface area contributed by atoms with Gasteiger partial charge in [-0.25, -0.2) is 9.78 Å². The Hall–Kier alpha value is -2.11. The third kappa shape index (κ3) is 6.67. The van der Waals surface area contributed by atoms with E-state index in [1.165, 1.54) is 5.56 Å². The molecule has 1 unspecified atom stereocenters. The van der Waals surface area contributed by atoms with E-state index in [0.29, 0.717) is 18.3 Å². The highest BCUT2D eigenvalue weighted by atomic mass is 35.5. The second-order valence-electron chi connectivity index (χ2n) is 5.15. The molecule has 0 radical (unpaired) electrons. The lowest BCUT2D eigenvalue weighted by Crippen LogP contribution is -3.00. The van der Waals surface area contributed by atoms with Gasteiger partial charge in [-0.05, 0) is 25.5 Å². The molecule has 0 bridgehead atoms. The standard InChI is InChI=1S/C17H21N3O2.ClH/c1-3-22-17(21)20-15-9-10-16(18-12-15)19-13(2)11-14-7-5-4-6-8-14;/h4-10,12-13H,3,11H2,1-2H3,(H,18,19)(H,20,21);1H. The zero-order valence-corrected chi connectivity index (χ0v) is 14.1. The zero-order chi connectivity index (χ0) is 15.8. The zero-order valence-electron chi connectivity index (χ0n) is 13.3. The first-order valence-corrected chi connectivity index (χ1v) is 7.46. The lowest BCUT2D eigenvalue weighted by Gasteiger charge is -2.10. The third-order valence-electron chi connectivity index (χ3n) is 3.16. The normalized spacial score (nSPS) is 11.2. The number of nitrogens with two attached hydrogens (primary N) is 1. The Morgan fingerprint density at radius 2 is 2.00 bits per heavy atom. The first kappa shape index (κ1) is 18.9. The van der Waals surface area contributed by atoms with Gasteiger partial charge in [0.05, 0.1) is 24.5 Å². The number of ether oxygens (including phenoxy) is 1. The van der Waals surface area contributed by atoms with Crippen molar-refractivity contribution in [3.05, 3.63) is 54.2 Å². The highest BCUT2D eigenvalue weighted by molar-refractivity contribution is 5.84. The van der Waals surface area contributed by atoms with Crippen LogP contribution in [0.25, 0.3) is 0 Å². The third-order valence-corrected chi connectivity index (χ3v) is 3.16. The maximum Gasteiger partial charge on any atom is 0.411 e. The smallest absolute Gasteiger partial charge is 0.411 e. The second-order valence-corrected chi connectivity index (χ2v) is 5.15. The first-order chi connectivity index (χ1) is 10.7. The Bertz CT molecular complexity index is 591. The minimum atomic E-state index is -0.460. The van der Waals surface area contributed by atoms with Gasteiger partial charge in [-0.3, -0.25) is 10.6 Å². The summed E-state index contributed by atoms with van der Waals surface area (Å²) in [5.41, 5.74) is 1.94. The molecule has 1 heterocycles. The largest absolute Gasteiger partial charge is 1.00 e. The van der Waals surface area contributed by atoms with E-state index in [9.17, 15) is 4.79 Å². The van der Waals surface area contributed by atoms with Gasteiger partial charge in [0.15, 0.2) is 0 Å². The van der Waals surface area contributed by atoms with Crippen molar-refractivity contribution >= 4 is 17.6 Å². The molecule has 3 N–H and O–H groups in total. The fraction of sp³-hybridized carbons (Fsp3) is 0.294. The number of nitrogens with zero attached hydrogens (tertiary/aromatic N) is 1. The van der Waals surface area contributed by atoms with Crippen LogP contribution in [0.4, 0.5) is 16.3 Å². The number of rotatable bonds is 6. The summed E-state index contributed by atoms with van der Waals surface area (Å²) in [6.07, 6.45) is 2.15. The molecule has 0 aliphatic carbocycles. The van der Waals surface area contributed by atoms with E-state index in [4.69, 9.17) is 4.74 Å². The Morgan fingerprint density at radius 1 is 1.26 bits per heavy atom. The molecular formula is C17H22ClN3O2. The van der Waals surface area contributed by atoms with Crippen LogP contribution in [-0.4, -0.2) is 23.7 Å². The molecule has 6 heteroatoms. The predicted octanol–water partition coefficient (Wildman–Crippen LogP) is -0.520. The number of halogens is 1. The number of quaternary nitrogens is 1. The summed E-state index contributed by atoms with van der Waals surface area (Å²) in [5, 5.41) is 4.75. The molecule has 23 heavy (non-hydrogen) atoms. The van der Waals surface area contributed by atoms with Gasteiger partial charge in [-0.1, -0.05) is 30.3 Å². The Kier molecular flexibility index (Phi) is 8.08. The maximum atomic E-state index is 11.3. The summed E-state index contributed by atoms with van der Waals surface area (Å²) >= 11 is 0. The van der Waals surface area contributed by atoms with Crippen LogP contribution in [0.2, 0.25) is 0 Å². The lowest BCUT2D eigenvalue weighted by atomic mass is 10.1. The molecule has 1 aromatic carbocycles. The number of anilines is 1. The molecule has 1 atom stereocenters. The van der Waals surface area contributed by atoms with Gasteiger partial charge in [0.1, 0.15) is 0 Å². The van der Waals surface area contributed by atoms with E-state index in [1.54, 1.807) is 13.1 Å². The van der Waals surface area contributed by atoms with Crippen LogP contribution in [0, 0.1) is 0 Å². The van der Waals surface area contributed by atoms with E-state index >= 15 is 0 Å². The molecule has 0 spiro atoms. The molecule has 0 aliphatic heterocycles. The summed E-state index contributed by atoms with van der Waals surface area (Å²) in [4.78, 5) is 15.7. The average molecular weight is 336 g/mol. The number of hydrogen-bond acceptors (Lipinski definition) is 3. The highest BCUT2D eigenvalue weighted by Gasteiger charge is 2.09. The topological polar surface area (TPSA) is 67.8 Å². The Labute approximate surface area is 142 Å². The van der Waals surface area contributed by atoms with E-state index in [2.05, 4.69) is 46.8 Å². The summed E-state index contributed by atoms with van der Waals surface area (Å²) in [6, 6.07) is 14.5. The predicted molar refractivity (Wildman–Crippen MR) is 86.1 cm³/mol. The number of amides is 1. The van der Waals surface area contributed by atoms with Crippen molar-refractivity contribution in [2.75, 3.05) is 11.9 Å². The molecule has 2 aromatic rings. The highest BCUT2D eigenvalue weighted by Crippen LogP contribution is 2.07. The fourth-order valence-corrected chi connectivity index (χ4v) is 2.20. The molecule has 0 saturated carbocycles. The molecular weight excluding hydrogens is 314 g/mol. The molecule has 1 amide bonds. The van der Waals surface area contributed by atoms with E-state index in [1.807, 2.05) is 18.2 Å². The number of carbonyl (C=O) groups excluding carboxylic acids is 1. The van der Waals surface area contributed by atoms with Crippen molar-refractivity contribution in [2.45, 2.75) is 26.3 Å². The number of nitrogens with one attached hydrogen (secondary N) is 1. The minimum Gasteiger partial charge on any atom is -1.00 e. The van der Waals surface area contributed by atoms with Crippen LogP contribution in [0.15, 0.2) is 48.7 Å². The second kappa shape index (κ2) is 9.82.